The fraction of sp³-hybridized carbons (Fsp3) is 0.407. The molecule has 0 unspecified atom stereocenters. The van der Waals surface area contributed by atoms with Crippen LogP contribution >= 0.6 is 0 Å². The van der Waals surface area contributed by atoms with Gasteiger partial charge in [-0.05, 0) is 50.1 Å². The van der Waals surface area contributed by atoms with E-state index < -0.39 is 23.2 Å². The number of carbonyl (C=O) groups is 2. The van der Waals surface area contributed by atoms with Crippen LogP contribution in [0.3, 0.4) is 0 Å². The third-order valence-electron chi connectivity index (χ3n) is 7.30. The highest BCUT2D eigenvalue weighted by molar-refractivity contribution is 6.14. The zero-order chi connectivity index (χ0) is 24.8. The maximum atomic E-state index is 13.9. The minimum absolute atomic E-state index is 0.0110. The SMILES string of the molecule is C[C@@]1(C(=O)NC2CCCCCC2)Cn2c(cc3ccccc32)C(=O)N1c1cccc(C(F)(F)F)c1. The van der Waals surface area contributed by atoms with Crippen molar-refractivity contribution in [3.05, 3.63) is 65.9 Å². The van der Waals surface area contributed by atoms with Crippen LogP contribution in [0.4, 0.5) is 18.9 Å². The molecule has 1 aliphatic heterocycles. The van der Waals surface area contributed by atoms with Crippen LogP contribution in [0.1, 0.15) is 61.5 Å². The molecule has 1 N–H and O–H groups in total. The number of fused-ring (bicyclic) bond motifs is 3. The minimum Gasteiger partial charge on any atom is -0.351 e. The van der Waals surface area contributed by atoms with Crippen LogP contribution in [0.5, 0.6) is 0 Å². The molecule has 1 fully saturated rings. The molecule has 5 rings (SSSR count). The fourth-order valence-corrected chi connectivity index (χ4v) is 5.44. The summed E-state index contributed by atoms with van der Waals surface area (Å²) >= 11 is 0. The summed E-state index contributed by atoms with van der Waals surface area (Å²) in [5, 5.41) is 3.98. The van der Waals surface area contributed by atoms with E-state index in [9.17, 15) is 22.8 Å². The Morgan fingerprint density at radius 1 is 1.00 bits per heavy atom. The van der Waals surface area contributed by atoms with Gasteiger partial charge in [-0.15, -0.1) is 0 Å². The summed E-state index contributed by atoms with van der Waals surface area (Å²) in [6.07, 6.45) is 1.43. The lowest BCUT2D eigenvalue weighted by Crippen LogP contribution is -2.65. The van der Waals surface area contributed by atoms with Crippen molar-refractivity contribution >= 4 is 28.4 Å². The van der Waals surface area contributed by atoms with E-state index in [1.54, 1.807) is 13.0 Å². The van der Waals surface area contributed by atoms with Crippen LogP contribution in [-0.2, 0) is 17.5 Å². The lowest BCUT2D eigenvalue weighted by atomic mass is 9.92. The lowest BCUT2D eigenvalue weighted by Gasteiger charge is -2.44. The van der Waals surface area contributed by atoms with Gasteiger partial charge in [0.1, 0.15) is 11.2 Å². The van der Waals surface area contributed by atoms with Gasteiger partial charge in [-0.3, -0.25) is 14.5 Å². The summed E-state index contributed by atoms with van der Waals surface area (Å²) < 4.78 is 42.4. The van der Waals surface area contributed by atoms with E-state index in [0.717, 1.165) is 61.6 Å². The second kappa shape index (κ2) is 8.73. The van der Waals surface area contributed by atoms with Crippen molar-refractivity contribution in [3.8, 4) is 0 Å². The summed E-state index contributed by atoms with van der Waals surface area (Å²) in [5.41, 5.74) is -1.06. The largest absolute Gasteiger partial charge is 0.416 e. The molecule has 35 heavy (non-hydrogen) atoms. The van der Waals surface area contributed by atoms with Gasteiger partial charge in [-0.2, -0.15) is 13.2 Å². The van der Waals surface area contributed by atoms with Crippen molar-refractivity contribution in [2.75, 3.05) is 4.90 Å². The smallest absolute Gasteiger partial charge is 0.351 e. The number of nitrogens with one attached hydrogen (secondary N) is 1. The van der Waals surface area contributed by atoms with E-state index in [1.807, 2.05) is 28.8 Å². The molecular weight excluding hydrogens is 455 g/mol. The van der Waals surface area contributed by atoms with Gasteiger partial charge in [0.15, 0.2) is 0 Å². The molecule has 1 saturated carbocycles. The van der Waals surface area contributed by atoms with Gasteiger partial charge in [0, 0.05) is 22.6 Å². The number of anilines is 1. The van der Waals surface area contributed by atoms with Crippen molar-refractivity contribution in [2.24, 2.45) is 0 Å². The first-order valence-corrected chi connectivity index (χ1v) is 12.1. The van der Waals surface area contributed by atoms with Gasteiger partial charge >= 0.3 is 6.18 Å². The standard InChI is InChI=1S/C27H28F3N3O2/c1-26(25(35)31-20-11-4-2-3-5-12-20)17-32-22-14-7-6-9-18(22)15-23(32)24(34)33(26)21-13-8-10-19(16-21)27(28,29)30/h6-10,13-16,20H,2-5,11-12,17H2,1H3,(H,31,35)/t26-/m0/s1. The molecule has 0 bridgehead atoms. The minimum atomic E-state index is -4.57. The predicted molar refractivity (Wildman–Crippen MR) is 128 cm³/mol. The Balaban J connectivity index is 1.61. The normalized spacial score (nSPS) is 21.6. The number of hydrogen-bond acceptors (Lipinski definition) is 2. The van der Waals surface area contributed by atoms with Gasteiger partial charge in [-0.1, -0.05) is 49.9 Å². The van der Waals surface area contributed by atoms with Crippen molar-refractivity contribution < 1.29 is 22.8 Å². The molecule has 1 aliphatic carbocycles. The lowest BCUT2D eigenvalue weighted by molar-refractivity contribution is -0.137. The Kier molecular flexibility index (Phi) is 5.85. The summed E-state index contributed by atoms with van der Waals surface area (Å²) in [6.45, 7) is 1.78. The molecule has 5 nitrogen and oxygen atoms in total. The first kappa shape index (κ1) is 23.5. The topological polar surface area (TPSA) is 54.3 Å². The highest BCUT2D eigenvalue weighted by Crippen LogP contribution is 2.38. The molecule has 184 valence electrons. The summed E-state index contributed by atoms with van der Waals surface area (Å²) in [6, 6.07) is 13.9. The van der Waals surface area contributed by atoms with Crippen LogP contribution in [0.15, 0.2) is 54.6 Å². The number of amides is 2. The maximum Gasteiger partial charge on any atom is 0.416 e. The second-order valence-corrected chi connectivity index (χ2v) is 9.80. The Morgan fingerprint density at radius 2 is 1.71 bits per heavy atom. The molecular formula is C27H28F3N3O2. The van der Waals surface area contributed by atoms with Crippen molar-refractivity contribution in [1.82, 2.24) is 9.88 Å². The maximum absolute atomic E-state index is 13.9. The van der Waals surface area contributed by atoms with E-state index >= 15 is 0 Å². The average molecular weight is 484 g/mol. The molecule has 2 aliphatic rings. The number of rotatable bonds is 3. The van der Waals surface area contributed by atoms with E-state index in [2.05, 4.69) is 5.32 Å². The van der Waals surface area contributed by atoms with Gasteiger partial charge in [0.2, 0.25) is 5.91 Å². The van der Waals surface area contributed by atoms with Crippen LogP contribution in [0.25, 0.3) is 10.9 Å². The van der Waals surface area contributed by atoms with Crippen LogP contribution in [0.2, 0.25) is 0 Å². The second-order valence-electron chi connectivity index (χ2n) is 9.80. The monoisotopic (exact) mass is 483 g/mol. The quantitative estimate of drug-likeness (QED) is 0.471. The molecule has 0 radical (unpaired) electrons. The van der Waals surface area contributed by atoms with E-state index in [4.69, 9.17) is 0 Å². The average Bonchev–Trinajstić information content (AvgIpc) is 2.99. The van der Waals surface area contributed by atoms with Crippen LogP contribution < -0.4 is 10.2 Å². The van der Waals surface area contributed by atoms with Crippen LogP contribution in [0, 0.1) is 0 Å². The molecule has 0 spiro atoms. The van der Waals surface area contributed by atoms with Gasteiger partial charge in [0.25, 0.3) is 5.91 Å². The molecule has 2 aromatic carbocycles. The summed E-state index contributed by atoms with van der Waals surface area (Å²) in [4.78, 5) is 29.0. The Labute approximate surface area is 201 Å². The Bertz CT molecular complexity index is 1270. The molecule has 3 aromatic rings. The molecule has 1 atom stereocenters. The van der Waals surface area contributed by atoms with E-state index in [0.29, 0.717) is 5.69 Å². The molecule has 0 saturated heterocycles. The van der Waals surface area contributed by atoms with Gasteiger partial charge in [0.05, 0.1) is 12.1 Å². The molecule has 2 heterocycles. The Hall–Kier alpha value is -3.29. The number of aromatic nitrogens is 1. The number of nitrogens with zero attached hydrogens (tertiary/aromatic N) is 2. The molecule has 1 aromatic heterocycles. The number of para-hydroxylation sites is 1. The van der Waals surface area contributed by atoms with Crippen LogP contribution in [-0.4, -0.2) is 28.0 Å². The highest BCUT2D eigenvalue weighted by Gasteiger charge is 2.49. The van der Waals surface area contributed by atoms with Gasteiger partial charge < -0.3 is 9.88 Å². The number of carbonyl (C=O) groups excluding carboxylic acids is 2. The fourth-order valence-electron chi connectivity index (χ4n) is 5.44. The van der Waals surface area contributed by atoms with Gasteiger partial charge in [-0.25, -0.2) is 0 Å². The van der Waals surface area contributed by atoms with E-state index in [-0.39, 0.29) is 24.2 Å². The molecule has 2 amide bonds. The zero-order valence-electron chi connectivity index (χ0n) is 19.6. The predicted octanol–water partition coefficient (Wildman–Crippen LogP) is 5.92. The van der Waals surface area contributed by atoms with Crippen molar-refractivity contribution in [3.63, 3.8) is 0 Å². The number of halogens is 3. The van der Waals surface area contributed by atoms with E-state index in [1.165, 1.54) is 17.0 Å². The third-order valence-corrected chi connectivity index (χ3v) is 7.30. The first-order chi connectivity index (χ1) is 16.7. The summed E-state index contributed by atoms with van der Waals surface area (Å²) in [7, 11) is 0. The number of benzene rings is 2. The highest BCUT2D eigenvalue weighted by atomic mass is 19.4. The first-order valence-electron chi connectivity index (χ1n) is 12.1. The van der Waals surface area contributed by atoms with Crippen molar-refractivity contribution in [2.45, 2.75) is 69.8 Å². The Morgan fingerprint density at radius 3 is 2.43 bits per heavy atom. The van der Waals surface area contributed by atoms with Crippen molar-refractivity contribution in [1.29, 1.82) is 0 Å². The zero-order valence-corrected chi connectivity index (χ0v) is 19.6. The number of alkyl halides is 3. The third kappa shape index (κ3) is 4.19. The molecule has 8 heteroatoms. The summed E-state index contributed by atoms with van der Waals surface area (Å²) in [5.74, 6) is -0.844. The number of hydrogen-bond donors (Lipinski definition) is 1.